The Kier molecular flexibility index (Phi) is 6.13. The van der Waals surface area contributed by atoms with Gasteiger partial charge in [-0.1, -0.05) is 12.1 Å². The van der Waals surface area contributed by atoms with Crippen LogP contribution in [0.4, 0.5) is 17.3 Å². The highest BCUT2D eigenvalue weighted by atomic mass is 16.6. The highest BCUT2D eigenvalue weighted by Gasteiger charge is 2.18. The molecule has 3 heterocycles. The molecule has 0 aliphatic carbocycles. The van der Waals surface area contributed by atoms with Gasteiger partial charge >= 0.3 is 5.97 Å². The molecule has 0 radical (unpaired) electrons. The molecule has 0 spiro atoms. The van der Waals surface area contributed by atoms with E-state index in [0.717, 1.165) is 48.8 Å². The molecule has 8 heteroatoms. The lowest BCUT2D eigenvalue weighted by atomic mass is 10.1. The number of rotatable bonds is 5. The molecule has 35 heavy (non-hydrogen) atoms. The van der Waals surface area contributed by atoms with E-state index in [1.807, 2.05) is 61.7 Å². The van der Waals surface area contributed by atoms with Crippen molar-refractivity contribution in [1.29, 1.82) is 0 Å². The molecule has 1 aliphatic rings. The van der Waals surface area contributed by atoms with E-state index >= 15 is 0 Å². The van der Waals surface area contributed by atoms with E-state index in [9.17, 15) is 4.79 Å². The Bertz CT molecular complexity index is 1320. The summed E-state index contributed by atoms with van der Waals surface area (Å²) in [5.74, 6) is 0.164. The van der Waals surface area contributed by atoms with Crippen LogP contribution in [0.3, 0.4) is 0 Å². The number of carbonyl (C=O) groups excluding carboxylic acids is 1. The predicted molar refractivity (Wildman–Crippen MR) is 136 cm³/mol. The average molecular weight is 472 g/mol. The number of hydrogen-bond donors (Lipinski definition) is 1. The van der Waals surface area contributed by atoms with Crippen molar-refractivity contribution in [1.82, 2.24) is 14.6 Å². The lowest BCUT2D eigenvalue weighted by molar-refractivity contribution is 0.00695. The number of hydrogen-bond acceptors (Lipinski definition) is 7. The van der Waals surface area contributed by atoms with Crippen LogP contribution in [0, 0.1) is 0 Å². The van der Waals surface area contributed by atoms with Crippen LogP contribution in [-0.2, 0) is 9.47 Å². The minimum atomic E-state index is -0.531. The molecular weight excluding hydrogens is 442 g/mol. The molecule has 4 aromatic rings. The molecule has 0 amide bonds. The molecule has 1 saturated heterocycles. The molecule has 0 unspecified atom stereocenters. The molecule has 0 bridgehead atoms. The second-order valence-electron chi connectivity index (χ2n) is 9.49. The molecular formula is C27H29N5O3. The molecule has 1 fully saturated rings. The first kappa shape index (κ1) is 22.9. The van der Waals surface area contributed by atoms with Gasteiger partial charge in [0.05, 0.1) is 36.2 Å². The van der Waals surface area contributed by atoms with E-state index in [2.05, 4.69) is 27.3 Å². The van der Waals surface area contributed by atoms with E-state index in [4.69, 9.17) is 14.6 Å². The molecule has 1 N–H and O–H groups in total. The maximum Gasteiger partial charge on any atom is 0.338 e. The lowest BCUT2D eigenvalue weighted by Crippen LogP contribution is -2.36. The van der Waals surface area contributed by atoms with Crippen molar-refractivity contribution in [3.05, 3.63) is 72.4 Å². The predicted octanol–water partition coefficient (Wildman–Crippen LogP) is 4.93. The summed E-state index contributed by atoms with van der Waals surface area (Å²) in [6, 6.07) is 19.6. The van der Waals surface area contributed by atoms with E-state index in [0.29, 0.717) is 11.5 Å². The summed E-state index contributed by atoms with van der Waals surface area (Å²) in [5, 5.41) is 7.99. The van der Waals surface area contributed by atoms with Gasteiger partial charge in [0.1, 0.15) is 5.60 Å². The first-order chi connectivity index (χ1) is 16.9. The van der Waals surface area contributed by atoms with Crippen molar-refractivity contribution in [3.63, 3.8) is 0 Å². The highest BCUT2D eigenvalue weighted by Crippen LogP contribution is 2.25. The number of fused-ring (bicyclic) bond motifs is 1. The smallest absolute Gasteiger partial charge is 0.338 e. The zero-order valence-corrected chi connectivity index (χ0v) is 20.2. The van der Waals surface area contributed by atoms with Gasteiger partial charge in [-0.3, -0.25) is 0 Å². The fourth-order valence-corrected chi connectivity index (χ4v) is 4.00. The summed E-state index contributed by atoms with van der Waals surface area (Å²) in [6.07, 6.45) is 1.79. The van der Waals surface area contributed by atoms with Crippen LogP contribution < -0.4 is 10.2 Å². The fourth-order valence-electron chi connectivity index (χ4n) is 4.00. The number of ether oxygens (including phenoxy) is 2. The van der Waals surface area contributed by atoms with Crippen molar-refractivity contribution in [2.75, 3.05) is 36.5 Å². The van der Waals surface area contributed by atoms with Crippen LogP contribution in [0.5, 0.6) is 0 Å². The zero-order chi connectivity index (χ0) is 24.4. The van der Waals surface area contributed by atoms with Gasteiger partial charge in [0.25, 0.3) is 0 Å². The van der Waals surface area contributed by atoms with E-state index in [-0.39, 0.29) is 5.97 Å². The number of benzene rings is 2. The van der Waals surface area contributed by atoms with E-state index in [1.165, 1.54) is 5.69 Å². The molecule has 5 rings (SSSR count). The maximum atomic E-state index is 12.3. The van der Waals surface area contributed by atoms with Gasteiger partial charge in [-0.2, -0.15) is 0 Å². The second-order valence-corrected chi connectivity index (χ2v) is 9.49. The molecule has 2 aromatic carbocycles. The third-order valence-electron chi connectivity index (χ3n) is 5.71. The Hall–Kier alpha value is -3.91. The van der Waals surface area contributed by atoms with Crippen LogP contribution in [0.25, 0.3) is 16.8 Å². The van der Waals surface area contributed by atoms with Gasteiger partial charge in [0.2, 0.25) is 5.95 Å². The van der Waals surface area contributed by atoms with Crippen LogP contribution in [0.1, 0.15) is 31.1 Å². The van der Waals surface area contributed by atoms with Gasteiger partial charge in [-0.25, -0.2) is 14.3 Å². The van der Waals surface area contributed by atoms with Gasteiger partial charge in [0.15, 0.2) is 0 Å². The van der Waals surface area contributed by atoms with Crippen molar-refractivity contribution in [3.8, 4) is 11.3 Å². The number of aromatic nitrogens is 3. The molecule has 0 atom stereocenters. The minimum Gasteiger partial charge on any atom is -0.456 e. The Morgan fingerprint density at radius 2 is 1.69 bits per heavy atom. The zero-order valence-electron chi connectivity index (χ0n) is 20.2. The number of carbonyl (C=O) groups is 1. The normalized spacial score (nSPS) is 14.2. The summed E-state index contributed by atoms with van der Waals surface area (Å²) >= 11 is 0. The summed E-state index contributed by atoms with van der Waals surface area (Å²) in [6.45, 7) is 8.90. The number of morpholine rings is 1. The van der Waals surface area contributed by atoms with Crippen LogP contribution in [0.15, 0.2) is 66.9 Å². The Balaban J connectivity index is 1.34. The molecule has 0 saturated carbocycles. The van der Waals surface area contributed by atoms with Crippen molar-refractivity contribution < 1.29 is 14.3 Å². The molecule has 2 aromatic heterocycles. The summed E-state index contributed by atoms with van der Waals surface area (Å²) in [4.78, 5) is 19.1. The van der Waals surface area contributed by atoms with Crippen LogP contribution in [0.2, 0.25) is 0 Å². The average Bonchev–Trinajstić information content (AvgIpc) is 3.27. The lowest BCUT2D eigenvalue weighted by Gasteiger charge is -2.28. The number of esters is 1. The SMILES string of the molecule is CC(C)(C)OC(=O)c1ccc(-c2ccc3cnc(Nc4ccc(N5CCOCC5)cc4)nn23)cc1. The third kappa shape index (κ3) is 5.27. The Morgan fingerprint density at radius 1 is 0.971 bits per heavy atom. The van der Waals surface area contributed by atoms with E-state index in [1.54, 1.807) is 18.3 Å². The standard InChI is InChI=1S/C27H29N5O3/c1-27(2,3)35-25(33)20-6-4-19(5-7-20)24-13-12-23-18-28-26(30-32(23)24)29-21-8-10-22(11-9-21)31-14-16-34-17-15-31/h4-13,18H,14-17H2,1-3H3,(H,29,30). The number of anilines is 3. The molecule has 1 aliphatic heterocycles. The molecule has 8 nitrogen and oxygen atoms in total. The van der Waals surface area contributed by atoms with Crippen molar-refractivity contribution >= 4 is 28.8 Å². The summed E-state index contributed by atoms with van der Waals surface area (Å²) < 4.78 is 12.7. The third-order valence-corrected chi connectivity index (χ3v) is 5.71. The molecule has 180 valence electrons. The Morgan fingerprint density at radius 3 is 2.37 bits per heavy atom. The monoisotopic (exact) mass is 471 g/mol. The number of nitrogens with zero attached hydrogens (tertiary/aromatic N) is 4. The number of nitrogens with one attached hydrogen (secondary N) is 1. The first-order valence-electron chi connectivity index (χ1n) is 11.7. The summed E-state index contributed by atoms with van der Waals surface area (Å²) in [5.41, 5.74) is 4.80. The highest BCUT2D eigenvalue weighted by molar-refractivity contribution is 5.90. The first-order valence-corrected chi connectivity index (χ1v) is 11.7. The minimum absolute atomic E-state index is 0.336. The van der Waals surface area contributed by atoms with Crippen molar-refractivity contribution in [2.24, 2.45) is 0 Å². The topological polar surface area (TPSA) is 81.0 Å². The fraction of sp³-hybridized carbons (Fsp3) is 0.296. The quantitative estimate of drug-likeness (QED) is 0.413. The van der Waals surface area contributed by atoms with Gasteiger partial charge in [-0.15, -0.1) is 5.10 Å². The second kappa shape index (κ2) is 9.38. The largest absolute Gasteiger partial charge is 0.456 e. The van der Waals surface area contributed by atoms with Gasteiger partial charge in [-0.05, 0) is 69.3 Å². The maximum absolute atomic E-state index is 12.3. The van der Waals surface area contributed by atoms with E-state index < -0.39 is 5.60 Å². The van der Waals surface area contributed by atoms with Crippen molar-refractivity contribution in [2.45, 2.75) is 26.4 Å². The van der Waals surface area contributed by atoms with Gasteiger partial charge < -0.3 is 19.7 Å². The van der Waals surface area contributed by atoms with Crippen LogP contribution >= 0.6 is 0 Å². The summed E-state index contributed by atoms with van der Waals surface area (Å²) in [7, 11) is 0. The van der Waals surface area contributed by atoms with Crippen LogP contribution in [-0.4, -0.2) is 52.5 Å². The van der Waals surface area contributed by atoms with Gasteiger partial charge in [0, 0.05) is 30.0 Å². The Labute approximate surface area is 204 Å².